The van der Waals surface area contributed by atoms with E-state index >= 15 is 0 Å². The van der Waals surface area contributed by atoms with Crippen LogP contribution >= 0.6 is 23.1 Å². The summed E-state index contributed by atoms with van der Waals surface area (Å²) in [5, 5.41) is 3.20. The van der Waals surface area contributed by atoms with Crippen LogP contribution in [-0.2, 0) is 4.79 Å². The predicted octanol–water partition coefficient (Wildman–Crippen LogP) is 0.563. The summed E-state index contributed by atoms with van der Waals surface area (Å²) in [6.45, 7) is 0. The molecule has 3 N–H and O–H groups in total. The highest BCUT2D eigenvalue weighted by atomic mass is 32.2. The fourth-order valence-corrected chi connectivity index (χ4v) is 2.18. The van der Waals surface area contributed by atoms with Crippen molar-refractivity contribution < 1.29 is 4.79 Å². The molecule has 1 amide bonds. The van der Waals surface area contributed by atoms with E-state index in [1.807, 2.05) is 0 Å². The molecule has 1 rings (SSSR count). The van der Waals surface area contributed by atoms with E-state index in [0.29, 0.717) is 10.8 Å². The maximum atomic E-state index is 10.8. The minimum absolute atomic E-state index is 0.00577. The Labute approximate surface area is 78.6 Å². The molecule has 0 spiro atoms. The molecule has 1 aromatic rings. The lowest BCUT2D eigenvalue weighted by Gasteiger charge is -1.94. The molecule has 4 nitrogen and oxygen atoms in total. The van der Waals surface area contributed by atoms with Gasteiger partial charge in [-0.2, -0.15) is 0 Å². The summed E-state index contributed by atoms with van der Waals surface area (Å²) in [4.78, 5) is 14.8. The molecular weight excluding hydrogens is 194 g/mol. The molecule has 1 aromatic heterocycles. The average molecular weight is 203 g/mol. The minimum Gasteiger partial charge on any atom is -0.389 e. The molecule has 0 aliphatic carbocycles. The maximum absolute atomic E-state index is 10.8. The first-order chi connectivity index (χ1) is 5.72. The normalized spacial score (nSPS) is 9.75. The van der Waals surface area contributed by atoms with Crippen molar-refractivity contribution in [2.75, 3.05) is 18.5 Å². The number of anilines is 1. The number of hydrogen-bond acceptors (Lipinski definition) is 5. The Balaban J connectivity index is 2.38. The number of carbonyl (C=O) groups is 1. The Morgan fingerprint density at radius 2 is 2.67 bits per heavy atom. The van der Waals surface area contributed by atoms with Gasteiger partial charge in [0, 0.05) is 7.05 Å². The van der Waals surface area contributed by atoms with Gasteiger partial charge in [0.2, 0.25) is 5.91 Å². The molecule has 0 bridgehead atoms. The van der Waals surface area contributed by atoms with Gasteiger partial charge >= 0.3 is 0 Å². The standard InChI is InChI=1S/C6H9N3OS2/c1-8-5(10)3-11-6-9-2-4(7)12-6/h2H,3,7H2,1H3,(H,8,10). The van der Waals surface area contributed by atoms with Crippen molar-refractivity contribution in [1.82, 2.24) is 10.3 Å². The number of rotatable bonds is 3. The minimum atomic E-state index is -0.00577. The summed E-state index contributed by atoms with van der Waals surface area (Å²) in [6.07, 6.45) is 1.59. The summed E-state index contributed by atoms with van der Waals surface area (Å²) >= 11 is 2.78. The van der Waals surface area contributed by atoms with Gasteiger partial charge in [0.25, 0.3) is 0 Å². The number of aromatic nitrogens is 1. The van der Waals surface area contributed by atoms with E-state index in [1.165, 1.54) is 23.1 Å². The molecule has 6 heteroatoms. The third-order valence-corrected chi connectivity index (χ3v) is 3.09. The van der Waals surface area contributed by atoms with Gasteiger partial charge in [0.1, 0.15) is 5.00 Å². The third-order valence-electron chi connectivity index (χ3n) is 1.11. The van der Waals surface area contributed by atoms with Crippen molar-refractivity contribution >= 4 is 34.0 Å². The molecular formula is C6H9N3OS2. The van der Waals surface area contributed by atoms with E-state index < -0.39 is 0 Å². The molecule has 0 unspecified atom stereocenters. The van der Waals surface area contributed by atoms with E-state index in [-0.39, 0.29) is 5.91 Å². The Hall–Kier alpha value is -0.750. The number of carbonyl (C=O) groups excluding carboxylic acids is 1. The molecule has 0 saturated heterocycles. The number of amides is 1. The van der Waals surface area contributed by atoms with E-state index in [9.17, 15) is 4.79 Å². The van der Waals surface area contributed by atoms with E-state index in [2.05, 4.69) is 10.3 Å². The van der Waals surface area contributed by atoms with Crippen molar-refractivity contribution in [2.45, 2.75) is 4.34 Å². The third kappa shape index (κ3) is 2.71. The van der Waals surface area contributed by atoms with Crippen molar-refractivity contribution in [2.24, 2.45) is 0 Å². The smallest absolute Gasteiger partial charge is 0.230 e. The van der Waals surface area contributed by atoms with Gasteiger partial charge in [-0.25, -0.2) is 4.98 Å². The Bertz CT molecular complexity index is 274. The zero-order chi connectivity index (χ0) is 8.97. The van der Waals surface area contributed by atoms with Gasteiger partial charge in [0.05, 0.1) is 11.9 Å². The van der Waals surface area contributed by atoms with Crippen LogP contribution in [0.25, 0.3) is 0 Å². The molecule has 1 heterocycles. The molecule has 0 saturated carbocycles. The first kappa shape index (κ1) is 9.34. The van der Waals surface area contributed by atoms with Gasteiger partial charge in [-0.1, -0.05) is 23.1 Å². The topological polar surface area (TPSA) is 68.0 Å². The van der Waals surface area contributed by atoms with Gasteiger partial charge in [-0.15, -0.1) is 0 Å². The lowest BCUT2D eigenvalue weighted by Crippen LogP contribution is -2.19. The second kappa shape index (κ2) is 4.32. The van der Waals surface area contributed by atoms with Crippen LogP contribution in [0.5, 0.6) is 0 Å². The number of nitrogen functional groups attached to an aromatic ring is 1. The van der Waals surface area contributed by atoms with Gasteiger partial charge in [-0.05, 0) is 0 Å². The highest BCUT2D eigenvalue weighted by molar-refractivity contribution is 8.01. The summed E-state index contributed by atoms with van der Waals surface area (Å²) < 4.78 is 0.830. The summed E-state index contributed by atoms with van der Waals surface area (Å²) in [5.74, 6) is 0.387. The molecule has 12 heavy (non-hydrogen) atoms. The van der Waals surface area contributed by atoms with Crippen LogP contribution in [0.15, 0.2) is 10.5 Å². The molecule has 0 atom stereocenters. The molecule has 0 aliphatic heterocycles. The molecule has 0 aliphatic rings. The molecule has 0 fully saturated rings. The van der Waals surface area contributed by atoms with Crippen LogP contribution in [0.3, 0.4) is 0 Å². The van der Waals surface area contributed by atoms with Gasteiger partial charge in [0.15, 0.2) is 4.34 Å². The number of nitrogens with two attached hydrogens (primary N) is 1. The summed E-state index contributed by atoms with van der Waals surface area (Å²) in [6, 6.07) is 0. The maximum Gasteiger partial charge on any atom is 0.230 e. The zero-order valence-corrected chi connectivity index (χ0v) is 8.17. The van der Waals surface area contributed by atoms with Crippen molar-refractivity contribution in [3.63, 3.8) is 0 Å². The van der Waals surface area contributed by atoms with E-state index in [4.69, 9.17) is 5.73 Å². The Morgan fingerprint density at radius 3 is 3.17 bits per heavy atom. The van der Waals surface area contributed by atoms with Crippen LogP contribution in [0.1, 0.15) is 0 Å². The van der Waals surface area contributed by atoms with E-state index in [0.717, 1.165) is 4.34 Å². The molecule has 66 valence electrons. The van der Waals surface area contributed by atoms with Crippen LogP contribution in [0.2, 0.25) is 0 Å². The van der Waals surface area contributed by atoms with Crippen molar-refractivity contribution in [3.05, 3.63) is 6.20 Å². The number of hydrogen-bond donors (Lipinski definition) is 2. The van der Waals surface area contributed by atoms with Crippen molar-refractivity contribution in [3.8, 4) is 0 Å². The van der Waals surface area contributed by atoms with Gasteiger partial charge < -0.3 is 11.1 Å². The summed E-state index contributed by atoms with van der Waals surface area (Å²) in [5.41, 5.74) is 5.46. The lowest BCUT2D eigenvalue weighted by atomic mass is 10.7. The lowest BCUT2D eigenvalue weighted by molar-refractivity contribution is -0.118. The largest absolute Gasteiger partial charge is 0.389 e. The fourth-order valence-electron chi connectivity index (χ4n) is 0.536. The highest BCUT2D eigenvalue weighted by Gasteiger charge is 2.02. The second-order valence-electron chi connectivity index (χ2n) is 1.99. The quantitative estimate of drug-likeness (QED) is 0.704. The first-order valence-corrected chi connectivity index (χ1v) is 5.07. The fraction of sp³-hybridized carbons (Fsp3) is 0.333. The van der Waals surface area contributed by atoms with Gasteiger partial charge in [-0.3, -0.25) is 4.79 Å². The monoisotopic (exact) mass is 203 g/mol. The number of thiazole rings is 1. The average Bonchev–Trinajstić information content (AvgIpc) is 2.47. The molecule has 0 radical (unpaired) electrons. The predicted molar refractivity (Wildman–Crippen MR) is 51.3 cm³/mol. The Morgan fingerprint density at radius 1 is 1.92 bits per heavy atom. The summed E-state index contributed by atoms with van der Waals surface area (Å²) in [7, 11) is 1.61. The van der Waals surface area contributed by atoms with E-state index in [1.54, 1.807) is 13.2 Å². The van der Waals surface area contributed by atoms with Crippen LogP contribution in [0, 0.1) is 0 Å². The molecule has 0 aromatic carbocycles. The number of nitrogens with one attached hydrogen (secondary N) is 1. The van der Waals surface area contributed by atoms with Crippen molar-refractivity contribution in [1.29, 1.82) is 0 Å². The van der Waals surface area contributed by atoms with Crippen LogP contribution < -0.4 is 11.1 Å². The number of thioether (sulfide) groups is 1. The second-order valence-corrected chi connectivity index (χ2v) is 4.28. The Kier molecular flexibility index (Phi) is 3.36. The SMILES string of the molecule is CNC(=O)CSc1ncc(N)s1. The highest BCUT2D eigenvalue weighted by Crippen LogP contribution is 2.24. The number of nitrogens with zero attached hydrogens (tertiary/aromatic N) is 1. The first-order valence-electron chi connectivity index (χ1n) is 3.27. The zero-order valence-electron chi connectivity index (χ0n) is 6.53. The van der Waals surface area contributed by atoms with Crippen LogP contribution in [-0.4, -0.2) is 23.7 Å². The van der Waals surface area contributed by atoms with Crippen LogP contribution in [0.4, 0.5) is 5.00 Å².